The molecule has 2 heterocycles. The maximum atomic E-state index is 12.5. The highest BCUT2D eigenvalue weighted by Crippen LogP contribution is 2.33. The second-order valence-corrected chi connectivity index (χ2v) is 7.72. The first-order chi connectivity index (χ1) is 11.0. The normalized spacial score (nSPS) is 19.2. The van der Waals surface area contributed by atoms with E-state index in [0.29, 0.717) is 19.4 Å². The number of alkyl halides is 3. The lowest BCUT2D eigenvalue weighted by molar-refractivity contribution is -0.142. The van der Waals surface area contributed by atoms with E-state index >= 15 is 0 Å². The molecule has 1 saturated heterocycles. The molecule has 0 aromatic carbocycles. The molecule has 24 heavy (non-hydrogen) atoms. The number of anilines is 1. The van der Waals surface area contributed by atoms with E-state index < -0.39 is 28.4 Å². The summed E-state index contributed by atoms with van der Waals surface area (Å²) in [5, 5.41) is 7.45. The zero-order valence-electron chi connectivity index (χ0n) is 13.6. The molecule has 1 fully saturated rings. The predicted octanol–water partition coefficient (Wildman–Crippen LogP) is 2.78. The van der Waals surface area contributed by atoms with Crippen LogP contribution < -0.4 is 5.32 Å². The van der Waals surface area contributed by atoms with Crippen molar-refractivity contribution in [3.63, 3.8) is 0 Å². The van der Waals surface area contributed by atoms with Crippen LogP contribution in [-0.2, 0) is 15.8 Å². The lowest BCUT2D eigenvalue weighted by Crippen LogP contribution is -2.47. The summed E-state index contributed by atoms with van der Waals surface area (Å²) in [6.45, 7) is 6.25. The summed E-state index contributed by atoms with van der Waals surface area (Å²) in [6.07, 6.45) is -3.34. The molecule has 10 heteroatoms. The van der Waals surface area contributed by atoms with E-state index in [1.807, 2.05) is 0 Å². The van der Waals surface area contributed by atoms with Crippen LogP contribution in [0.15, 0.2) is 0 Å². The molecule has 1 atom stereocenters. The lowest BCUT2D eigenvalue weighted by Gasteiger charge is -2.35. The van der Waals surface area contributed by atoms with Crippen molar-refractivity contribution in [2.24, 2.45) is 11.3 Å². The molecular weight excluding hydrogens is 345 g/mol. The number of carbonyl (C=O) groups is 2. The molecule has 0 bridgehead atoms. The van der Waals surface area contributed by atoms with Gasteiger partial charge in [-0.1, -0.05) is 32.1 Å². The Balaban J connectivity index is 1.99. The summed E-state index contributed by atoms with van der Waals surface area (Å²) in [6, 6.07) is 0. The third-order valence-corrected chi connectivity index (χ3v) is 4.50. The van der Waals surface area contributed by atoms with E-state index in [4.69, 9.17) is 0 Å². The van der Waals surface area contributed by atoms with Gasteiger partial charge in [-0.2, -0.15) is 13.2 Å². The van der Waals surface area contributed by atoms with Crippen molar-refractivity contribution < 1.29 is 22.8 Å². The van der Waals surface area contributed by atoms with Gasteiger partial charge in [-0.15, -0.1) is 10.2 Å². The fourth-order valence-electron chi connectivity index (χ4n) is 2.45. The number of carbonyl (C=O) groups excluding carboxylic acids is 2. The topological polar surface area (TPSA) is 75.2 Å². The van der Waals surface area contributed by atoms with Gasteiger partial charge in [0.15, 0.2) is 0 Å². The number of piperidine rings is 1. The number of hydrogen-bond donors (Lipinski definition) is 1. The van der Waals surface area contributed by atoms with Crippen LogP contribution in [0.1, 0.15) is 38.6 Å². The molecule has 6 nitrogen and oxygen atoms in total. The van der Waals surface area contributed by atoms with Crippen molar-refractivity contribution >= 4 is 28.3 Å². The molecular formula is C14H19F3N4O2S. The first-order valence-electron chi connectivity index (χ1n) is 7.49. The van der Waals surface area contributed by atoms with Crippen LogP contribution in [0.25, 0.3) is 0 Å². The summed E-state index contributed by atoms with van der Waals surface area (Å²) >= 11 is 0.284. The number of likely N-dealkylation sites (tertiary alicyclic amines) is 1. The van der Waals surface area contributed by atoms with Crippen LogP contribution in [0.2, 0.25) is 0 Å². The SMILES string of the molecule is CC(C)(C)C(=O)N1CCC[C@H](C(=O)Nc2nnc(C(F)(F)F)s2)C1. The first kappa shape index (κ1) is 18.6. The van der Waals surface area contributed by atoms with Gasteiger partial charge in [-0.25, -0.2) is 0 Å². The van der Waals surface area contributed by atoms with Crippen molar-refractivity contribution in [2.45, 2.75) is 39.8 Å². The quantitative estimate of drug-likeness (QED) is 0.876. The molecule has 1 aliphatic heterocycles. The van der Waals surface area contributed by atoms with Gasteiger partial charge in [-0.05, 0) is 12.8 Å². The minimum atomic E-state index is -4.58. The van der Waals surface area contributed by atoms with Crippen LogP contribution in [0.5, 0.6) is 0 Å². The highest BCUT2D eigenvalue weighted by Gasteiger charge is 2.37. The van der Waals surface area contributed by atoms with E-state index in [0.717, 1.165) is 0 Å². The largest absolute Gasteiger partial charge is 0.445 e. The summed E-state index contributed by atoms with van der Waals surface area (Å²) < 4.78 is 37.5. The number of nitrogens with one attached hydrogen (secondary N) is 1. The molecule has 0 saturated carbocycles. The maximum absolute atomic E-state index is 12.5. The number of aromatic nitrogens is 2. The van der Waals surface area contributed by atoms with Gasteiger partial charge in [0, 0.05) is 18.5 Å². The standard InChI is InChI=1S/C14H19F3N4O2S/c1-13(2,3)11(23)21-6-4-5-8(7-21)9(22)18-12-20-19-10(24-12)14(15,16)17/h8H,4-7H2,1-3H3,(H,18,20,22)/t8-/m0/s1. The summed E-state index contributed by atoms with van der Waals surface area (Å²) in [5.74, 6) is -0.954. The molecule has 0 aliphatic carbocycles. The van der Waals surface area contributed by atoms with Gasteiger partial charge in [0.05, 0.1) is 5.92 Å². The predicted molar refractivity (Wildman–Crippen MR) is 82.3 cm³/mol. The van der Waals surface area contributed by atoms with Crippen LogP contribution in [-0.4, -0.2) is 40.0 Å². The Morgan fingerprint density at radius 2 is 1.92 bits per heavy atom. The molecule has 0 spiro atoms. The molecule has 2 rings (SSSR count). The van der Waals surface area contributed by atoms with E-state index in [9.17, 15) is 22.8 Å². The molecule has 0 unspecified atom stereocenters. The third kappa shape index (κ3) is 4.43. The molecule has 1 N–H and O–H groups in total. The van der Waals surface area contributed by atoms with Gasteiger partial charge >= 0.3 is 6.18 Å². The van der Waals surface area contributed by atoms with Crippen molar-refractivity contribution in [3.8, 4) is 0 Å². The fraction of sp³-hybridized carbons (Fsp3) is 0.714. The van der Waals surface area contributed by atoms with Gasteiger partial charge in [0.2, 0.25) is 22.0 Å². The Morgan fingerprint density at radius 3 is 2.46 bits per heavy atom. The highest BCUT2D eigenvalue weighted by molar-refractivity contribution is 7.15. The maximum Gasteiger partial charge on any atom is 0.445 e. The molecule has 2 amide bonds. The number of nitrogens with zero attached hydrogens (tertiary/aromatic N) is 3. The molecule has 1 aliphatic rings. The monoisotopic (exact) mass is 364 g/mol. The van der Waals surface area contributed by atoms with Gasteiger partial charge in [0.1, 0.15) is 0 Å². The number of amides is 2. The zero-order chi connectivity index (χ0) is 18.1. The van der Waals surface area contributed by atoms with Crippen molar-refractivity contribution in [1.82, 2.24) is 15.1 Å². The van der Waals surface area contributed by atoms with Crippen LogP contribution in [0.4, 0.5) is 18.3 Å². The zero-order valence-corrected chi connectivity index (χ0v) is 14.4. The van der Waals surface area contributed by atoms with Crippen molar-refractivity contribution in [3.05, 3.63) is 5.01 Å². The highest BCUT2D eigenvalue weighted by atomic mass is 32.1. The molecule has 1 aromatic rings. The van der Waals surface area contributed by atoms with Gasteiger partial charge in [0.25, 0.3) is 0 Å². The Morgan fingerprint density at radius 1 is 1.25 bits per heavy atom. The average Bonchev–Trinajstić information content (AvgIpc) is 2.94. The summed E-state index contributed by atoms with van der Waals surface area (Å²) in [4.78, 5) is 26.2. The van der Waals surface area contributed by atoms with E-state index in [2.05, 4.69) is 15.5 Å². The Bertz CT molecular complexity index is 624. The van der Waals surface area contributed by atoms with E-state index in [-0.39, 0.29) is 28.9 Å². The lowest BCUT2D eigenvalue weighted by atomic mass is 9.91. The number of hydrogen-bond acceptors (Lipinski definition) is 5. The smallest absolute Gasteiger partial charge is 0.341 e. The summed E-state index contributed by atoms with van der Waals surface area (Å²) in [7, 11) is 0. The second kappa shape index (κ2) is 6.66. The van der Waals surface area contributed by atoms with Crippen molar-refractivity contribution in [2.75, 3.05) is 18.4 Å². The Labute approximate surface area is 141 Å². The summed E-state index contributed by atoms with van der Waals surface area (Å²) in [5.41, 5.74) is -0.542. The van der Waals surface area contributed by atoms with Gasteiger partial charge < -0.3 is 10.2 Å². The van der Waals surface area contributed by atoms with E-state index in [1.54, 1.807) is 25.7 Å². The first-order valence-corrected chi connectivity index (χ1v) is 8.31. The minimum Gasteiger partial charge on any atom is -0.341 e. The van der Waals surface area contributed by atoms with Crippen molar-refractivity contribution in [1.29, 1.82) is 0 Å². The molecule has 0 radical (unpaired) electrons. The Hall–Kier alpha value is -1.71. The fourth-order valence-corrected chi connectivity index (χ4v) is 3.06. The minimum absolute atomic E-state index is 0.0460. The number of halogens is 3. The molecule has 1 aromatic heterocycles. The number of rotatable bonds is 2. The van der Waals surface area contributed by atoms with Gasteiger partial charge in [-0.3, -0.25) is 9.59 Å². The third-order valence-electron chi connectivity index (χ3n) is 3.62. The average molecular weight is 364 g/mol. The van der Waals surface area contributed by atoms with E-state index in [1.165, 1.54) is 0 Å². The van der Waals surface area contributed by atoms with Crippen LogP contribution in [0.3, 0.4) is 0 Å². The second-order valence-electron chi connectivity index (χ2n) is 6.74. The van der Waals surface area contributed by atoms with Crippen LogP contribution in [0, 0.1) is 11.3 Å². The Kier molecular flexibility index (Phi) is 5.17. The molecule has 134 valence electrons. The van der Waals surface area contributed by atoms with Crippen LogP contribution >= 0.6 is 11.3 Å².